The molecule has 7 heteroatoms. The van der Waals surface area contributed by atoms with Gasteiger partial charge in [0.2, 0.25) is 0 Å². The summed E-state index contributed by atoms with van der Waals surface area (Å²) in [5, 5.41) is 8.46. The van der Waals surface area contributed by atoms with Gasteiger partial charge in [0, 0.05) is 44.0 Å². The Morgan fingerprint density at radius 2 is 1.88 bits per heavy atom. The molecule has 0 atom stereocenters. The number of rotatable bonds is 3. The van der Waals surface area contributed by atoms with Gasteiger partial charge in [-0.1, -0.05) is 23.8 Å². The van der Waals surface area contributed by atoms with Crippen molar-refractivity contribution in [1.29, 1.82) is 0 Å². The molecule has 24 heavy (non-hydrogen) atoms. The van der Waals surface area contributed by atoms with Crippen LogP contribution in [0.15, 0.2) is 24.3 Å². The summed E-state index contributed by atoms with van der Waals surface area (Å²) in [4.78, 5) is 10.0. The number of halogens is 1. The van der Waals surface area contributed by atoms with Gasteiger partial charge < -0.3 is 9.80 Å². The number of hydrogen-bond acceptors (Lipinski definition) is 5. The van der Waals surface area contributed by atoms with Crippen LogP contribution in [0.1, 0.15) is 17.0 Å². The lowest BCUT2D eigenvalue weighted by atomic mass is 10.1. The summed E-state index contributed by atoms with van der Waals surface area (Å²) in [6.45, 7) is 7.62. The molecule has 3 heterocycles. The highest BCUT2D eigenvalue weighted by atomic mass is 35.5. The van der Waals surface area contributed by atoms with Gasteiger partial charge in [0.1, 0.15) is 0 Å². The Kier molecular flexibility index (Phi) is 5.26. The molecule has 1 saturated heterocycles. The third kappa shape index (κ3) is 4.19. The highest BCUT2D eigenvalue weighted by Gasteiger charge is 2.20. The maximum Gasteiger partial charge on any atom is 0.151 e. The fourth-order valence-electron chi connectivity index (χ4n) is 2.94. The molecule has 126 valence electrons. The van der Waals surface area contributed by atoms with E-state index in [-0.39, 0.29) is 0 Å². The Labute approximate surface area is 152 Å². The van der Waals surface area contributed by atoms with Crippen LogP contribution in [0, 0.1) is 13.8 Å². The van der Waals surface area contributed by atoms with Crippen LogP contribution in [0.4, 0.5) is 5.82 Å². The minimum atomic E-state index is 0.416. The molecule has 2 aromatic rings. The first-order valence-corrected chi connectivity index (χ1v) is 8.76. The quantitative estimate of drug-likeness (QED) is 0.783. The van der Waals surface area contributed by atoms with Gasteiger partial charge in [0.15, 0.2) is 11.0 Å². The Morgan fingerprint density at radius 3 is 2.50 bits per heavy atom. The highest BCUT2D eigenvalue weighted by molar-refractivity contribution is 7.80. The number of piperazine rings is 1. The zero-order chi connectivity index (χ0) is 17.1. The maximum atomic E-state index is 5.79. The summed E-state index contributed by atoms with van der Waals surface area (Å²) in [6.07, 6.45) is 0.721. The molecule has 1 fully saturated rings. The van der Waals surface area contributed by atoms with E-state index < -0.39 is 0 Å². The van der Waals surface area contributed by atoms with Gasteiger partial charge in [0.05, 0.1) is 4.99 Å². The van der Waals surface area contributed by atoms with Crippen LogP contribution in [0.25, 0.3) is 0 Å². The molecule has 0 bridgehead atoms. The summed E-state index contributed by atoms with van der Waals surface area (Å²) in [7, 11) is 0. The minimum absolute atomic E-state index is 0.416. The predicted octanol–water partition coefficient (Wildman–Crippen LogP) is 2.83. The number of aryl methyl sites for hydroxylation is 2. The van der Waals surface area contributed by atoms with E-state index in [1.807, 2.05) is 13.0 Å². The van der Waals surface area contributed by atoms with E-state index in [9.17, 15) is 0 Å². The Bertz CT molecular complexity index is 706. The Hall–Kier alpha value is -1.79. The average Bonchev–Trinajstić information content (AvgIpc) is 2.55. The molecule has 5 nitrogen and oxygen atoms in total. The first-order valence-electron chi connectivity index (χ1n) is 7.97. The normalized spacial score (nSPS) is 14.8. The van der Waals surface area contributed by atoms with Gasteiger partial charge in [-0.25, -0.2) is 0 Å². The molecular weight excluding hydrogens is 342 g/mol. The van der Waals surface area contributed by atoms with E-state index in [0.29, 0.717) is 5.15 Å². The molecule has 0 radical (unpaired) electrons. The monoisotopic (exact) mass is 361 g/mol. The van der Waals surface area contributed by atoms with Crippen LogP contribution in [0.5, 0.6) is 0 Å². The van der Waals surface area contributed by atoms with Crippen molar-refractivity contribution in [2.45, 2.75) is 20.3 Å². The van der Waals surface area contributed by atoms with Crippen molar-refractivity contribution < 1.29 is 0 Å². The molecule has 0 amide bonds. The standard InChI is InChI=1S/C17H20ClN5S/c1-12-9-13(2)19-14(10-12)11-17(24)23-7-5-22(6-8-23)16-4-3-15(18)20-21-16/h3-4,9-10H,5-8,11H2,1-2H3. The first-order chi connectivity index (χ1) is 11.5. The molecule has 1 aliphatic rings. The topological polar surface area (TPSA) is 45.2 Å². The van der Waals surface area contributed by atoms with Crippen molar-refractivity contribution in [2.24, 2.45) is 0 Å². The second kappa shape index (κ2) is 7.40. The first kappa shape index (κ1) is 17.0. The van der Waals surface area contributed by atoms with Gasteiger partial charge in [-0.3, -0.25) is 4.98 Å². The van der Waals surface area contributed by atoms with E-state index >= 15 is 0 Å². The fourth-order valence-corrected chi connectivity index (χ4v) is 3.38. The molecular formula is C17H20ClN5S. The smallest absolute Gasteiger partial charge is 0.151 e. The SMILES string of the molecule is Cc1cc(C)nc(CC(=S)N2CCN(c3ccc(Cl)nn3)CC2)c1. The number of nitrogens with zero attached hydrogens (tertiary/aromatic N) is 5. The second-order valence-corrected chi connectivity index (χ2v) is 6.89. The number of hydrogen-bond donors (Lipinski definition) is 0. The minimum Gasteiger partial charge on any atom is -0.362 e. The third-order valence-corrected chi connectivity index (χ3v) is 4.66. The van der Waals surface area contributed by atoms with Crippen LogP contribution >= 0.6 is 23.8 Å². The summed E-state index contributed by atoms with van der Waals surface area (Å²) >= 11 is 11.4. The van der Waals surface area contributed by atoms with Crippen molar-refractivity contribution in [3.8, 4) is 0 Å². The number of anilines is 1. The largest absolute Gasteiger partial charge is 0.362 e. The molecule has 0 aromatic carbocycles. The lowest BCUT2D eigenvalue weighted by molar-refractivity contribution is 0.385. The van der Waals surface area contributed by atoms with Gasteiger partial charge in [0.25, 0.3) is 0 Å². The van der Waals surface area contributed by atoms with Crippen molar-refractivity contribution in [3.63, 3.8) is 0 Å². The maximum absolute atomic E-state index is 5.79. The summed E-state index contributed by atoms with van der Waals surface area (Å²) in [5.41, 5.74) is 3.31. The Morgan fingerprint density at radius 1 is 1.12 bits per heavy atom. The van der Waals surface area contributed by atoms with E-state index in [0.717, 1.165) is 54.8 Å². The van der Waals surface area contributed by atoms with Gasteiger partial charge in [-0.15, -0.1) is 10.2 Å². The Balaban J connectivity index is 1.57. The van der Waals surface area contributed by atoms with E-state index in [2.05, 4.69) is 44.0 Å². The molecule has 0 unspecified atom stereocenters. The van der Waals surface area contributed by atoms with Crippen LogP contribution in [-0.2, 0) is 6.42 Å². The number of pyridine rings is 1. The van der Waals surface area contributed by atoms with Gasteiger partial charge in [-0.2, -0.15) is 0 Å². The molecule has 0 spiro atoms. The zero-order valence-corrected chi connectivity index (χ0v) is 15.4. The molecule has 2 aromatic heterocycles. The van der Waals surface area contributed by atoms with Gasteiger partial charge in [-0.05, 0) is 43.7 Å². The molecule has 1 aliphatic heterocycles. The van der Waals surface area contributed by atoms with Crippen molar-refractivity contribution in [3.05, 3.63) is 46.4 Å². The third-order valence-electron chi connectivity index (χ3n) is 4.06. The van der Waals surface area contributed by atoms with Crippen LogP contribution in [0.2, 0.25) is 5.15 Å². The van der Waals surface area contributed by atoms with E-state index in [1.165, 1.54) is 5.56 Å². The van der Waals surface area contributed by atoms with Crippen LogP contribution in [0.3, 0.4) is 0 Å². The summed E-state index contributed by atoms with van der Waals surface area (Å²) < 4.78 is 0. The summed E-state index contributed by atoms with van der Waals surface area (Å²) in [6, 6.07) is 7.87. The second-order valence-electron chi connectivity index (χ2n) is 6.04. The molecule has 0 aliphatic carbocycles. The van der Waals surface area contributed by atoms with Crippen molar-refractivity contribution in [1.82, 2.24) is 20.1 Å². The molecule has 0 saturated carbocycles. The van der Waals surface area contributed by atoms with E-state index in [1.54, 1.807) is 6.07 Å². The van der Waals surface area contributed by atoms with Crippen molar-refractivity contribution in [2.75, 3.05) is 31.1 Å². The van der Waals surface area contributed by atoms with Crippen molar-refractivity contribution >= 4 is 34.6 Å². The fraction of sp³-hybridized carbons (Fsp3) is 0.412. The lowest BCUT2D eigenvalue weighted by Gasteiger charge is -2.36. The molecule has 3 rings (SSSR count). The zero-order valence-electron chi connectivity index (χ0n) is 13.9. The highest BCUT2D eigenvalue weighted by Crippen LogP contribution is 2.15. The number of thiocarbonyl (C=S) groups is 1. The predicted molar refractivity (Wildman–Crippen MR) is 101 cm³/mol. The lowest BCUT2D eigenvalue weighted by Crippen LogP contribution is -2.49. The van der Waals surface area contributed by atoms with Crippen LogP contribution < -0.4 is 4.90 Å². The van der Waals surface area contributed by atoms with E-state index in [4.69, 9.17) is 23.8 Å². The van der Waals surface area contributed by atoms with Crippen LogP contribution in [-0.4, -0.2) is 51.2 Å². The average molecular weight is 362 g/mol. The number of aromatic nitrogens is 3. The van der Waals surface area contributed by atoms with Gasteiger partial charge >= 0.3 is 0 Å². The summed E-state index contributed by atoms with van der Waals surface area (Å²) in [5.74, 6) is 0.862. The molecule has 0 N–H and O–H groups in total.